The van der Waals surface area contributed by atoms with Crippen molar-refractivity contribution in [2.24, 2.45) is 5.92 Å². The molecule has 1 aliphatic rings. The fourth-order valence-electron chi connectivity index (χ4n) is 3.41. The Morgan fingerprint density at radius 2 is 1.80 bits per heavy atom. The van der Waals surface area contributed by atoms with Gasteiger partial charge < -0.3 is 19.5 Å². The van der Waals surface area contributed by atoms with Crippen molar-refractivity contribution in [2.75, 3.05) is 19.7 Å². The molecule has 2 heterocycles. The summed E-state index contributed by atoms with van der Waals surface area (Å²) < 4.78 is 6.81. The summed E-state index contributed by atoms with van der Waals surface area (Å²) in [7, 11) is 0. The number of carbonyl (C=O) groups excluding carboxylic acids is 3. The maximum atomic E-state index is 13.3. The number of hydrogen-bond acceptors (Lipinski definition) is 5. The zero-order valence-corrected chi connectivity index (χ0v) is 18.6. The van der Waals surface area contributed by atoms with Crippen LogP contribution in [0.4, 0.5) is 0 Å². The molecule has 1 aromatic rings. The van der Waals surface area contributed by atoms with Gasteiger partial charge in [0.05, 0.1) is 6.61 Å². The summed E-state index contributed by atoms with van der Waals surface area (Å²) in [6.45, 7) is 10.4. The Morgan fingerprint density at radius 3 is 2.40 bits per heavy atom. The molecule has 1 atom stereocenters. The number of hydrogen-bond donors (Lipinski definition) is 1. The minimum Gasteiger partial charge on any atom is -0.464 e. The highest BCUT2D eigenvalue weighted by Crippen LogP contribution is 2.21. The Morgan fingerprint density at radius 1 is 1.13 bits per heavy atom. The van der Waals surface area contributed by atoms with E-state index >= 15 is 0 Å². The number of nitrogens with one attached hydrogen (secondary N) is 1. The SMILES string of the molecule is CCOC(=O)C1CCCCN1C(=O)c1cn(C(C)C)cc(C(=O)NCC(C)C)c1=O. The first kappa shape index (κ1) is 23.6. The van der Waals surface area contributed by atoms with E-state index in [4.69, 9.17) is 4.74 Å². The molecular formula is C22H33N3O5. The molecule has 0 bridgehead atoms. The molecule has 1 fully saturated rings. The lowest BCUT2D eigenvalue weighted by atomic mass is 10.0. The van der Waals surface area contributed by atoms with Gasteiger partial charge in [0.25, 0.3) is 11.8 Å². The molecule has 1 aromatic heterocycles. The maximum Gasteiger partial charge on any atom is 0.328 e. The lowest BCUT2D eigenvalue weighted by Crippen LogP contribution is -2.50. The van der Waals surface area contributed by atoms with E-state index in [0.29, 0.717) is 19.5 Å². The molecule has 166 valence electrons. The Bertz CT molecular complexity index is 844. The number of rotatable bonds is 7. The van der Waals surface area contributed by atoms with Gasteiger partial charge in [-0.15, -0.1) is 0 Å². The van der Waals surface area contributed by atoms with E-state index in [-0.39, 0.29) is 29.7 Å². The van der Waals surface area contributed by atoms with Crippen molar-refractivity contribution >= 4 is 17.8 Å². The van der Waals surface area contributed by atoms with Crippen LogP contribution in [0.1, 0.15) is 80.6 Å². The van der Waals surface area contributed by atoms with Crippen LogP contribution in [-0.2, 0) is 9.53 Å². The number of nitrogens with zero attached hydrogens (tertiary/aromatic N) is 2. The number of likely N-dealkylation sites (tertiary alicyclic amines) is 1. The Labute approximate surface area is 177 Å². The normalized spacial score (nSPS) is 16.6. The smallest absolute Gasteiger partial charge is 0.328 e. The van der Waals surface area contributed by atoms with Crippen LogP contribution in [-0.4, -0.2) is 53.0 Å². The van der Waals surface area contributed by atoms with Crippen LogP contribution in [0.2, 0.25) is 0 Å². The minimum atomic E-state index is -0.712. The highest BCUT2D eigenvalue weighted by molar-refractivity contribution is 6.00. The van der Waals surface area contributed by atoms with Gasteiger partial charge in [-0.05, 0) is 46.0 Å². The van der Waals surface area contributed by atoms with Crippen molar-refractivity contribution in [3.05, 3.63) is 33.7 Å². The number of esters is 1. The first-order valence-corrected chi connectivity index (χ1v) is 10.7. The predicted molar refractivity (Wildman–Crippen MR) is 114 cm³/mol. The molecule has 0 aliphatic carbocycles. The summed E-state index contributed by atoms with van der Waals surface area (Å²) in [5, 5.41) is 2.74. The zero-order chi connectivity index (χ0) is 22.4. The van der Waals surface area contributed by atoms with Crippen molar-refractivity contribution in [1.29, 1.82) is 0 Å². The fourth-order valence-corrected chi connectivity index (χ4v) is 3.41. The van der Waals surface area contributed by atoms with Gasteiger partial charge in [-0.25, -0.2) is 4.79 Å². The van der Waals surface area contributed by atoms with Crippen molar-refractivity contribution in [2.45, 2.75) is 66.0 Å². The molecule has 0 aromatic carbocycles. The van der Waals surface area contributed by atoms with E-state index in [2.05, 4.69) is 5.32 Å². The predicted octanol–water partition coefficient (Wildman–Crippen LogP) is 2.37. The average molecular weight is 420 g/mol. The van der Waals surface area contributed by atoms with Gasteiger partial charge in [0.2, 0.25) is 5.43 Å². The van der Waals surface area contributed by atoms with Crippen molar-refractivity contribution in [1.82, 2.24) is 14.8 Å². The van der Waals surface area contributed by atoms with Crippen LogP contribution in [0, 0.1) is 5.92 Å². The number of ether oxygens (including phenoxy) is 1. The third kappa shape index (κ3) is 5.49. The lowest BCUT2D eigenvalue weighted by molar-refractivity contribution is -0.149. The van der Waals surface area contributed by atoms with Gasteiger partial charge in [-0.1, -0.05) is 13.8 Å². The van der Waals surface area contributed by atoms with E-state index in [1.54, 1.807) is 11.5 Å². The summed E-state index contributed by atoms with van der Waals surface area (Å²) in [4.78, 5) is 52.8. The van der Waals surface area contributed by atoms with E-state index in [1.165, 1.54) is 17.3 Å². The van der Waals surface area contributed by atoms with Gasteiger partial charge >= 0.3 is 5.97 Å². The van der Waals surface area contributed by atoms with Crippen molar-refractivity contribution in [3.63, 3.8) is 0 Å². The summed E-state index contributed by atoms with van der Waals surface area (Å²) in [5.41, 5.74) is -0.789. The summed E-state index contributed by atoms with van der Waals surface area (Å²) in [6, 6.07) is -0.771. The van der Waals surface area contributed by atoms with Gasteiger partial charge in [-0.3, -0.25) is 14.4 Å². The molecule has 2 amide bonds. The van der Waals surface area contributed by atoms with Crippen molar-refractivity contribution in [3.8, 4) is 0 Å². The van der Waals surface area contributed by atoms with Crippen molar-refractivity contribution < 1.29 is 19.1 Å². The molecule has 1 saturated heterocycles. The van der Waals surface area contributed by atoms with E-state index in [9.17, 15) is 19.2 Å². The van der Waals surface area contributed by atoms with Crippen LogP contribution < -0.4 is 10.7 Å². The number of carbonyl (C=O) groups is 3. The second-order valence-electron chi connectivity index (χ2n) is 8.32. The largest absolute Gasteiger partial charge is 0.464 e. The zero-order valence-electron chi connectivity index (χ0n) is 18.6. The maximum absolute atomic E-state index is 13.3. The molecule has 1 N–H and O–H groups in total. The molecule has 8 nitrogen and oxygen atoms in total. The van der Waals surface area contributed by atoms with E-state index in [0.717, 1.165) is 12.8 Å². The molecule has 8 heteroatoms. The third-order valence-corrected chi connectivity index (χ3v) is 5.11. The molecule has 30 heavy (non-hydrogen) atoms. The Balaban J connectivity index is 2.45. The molecule has 1 aliphatic heterocycles. The fraction of sp³-hybridized carbons (Fsp3) is 0.636. The van der Waals surface area contributed by atoms with Crippen LogP contribution in [0.3, 0.4) is 0 Å². The monoisotopic (exact) mass is 419 g/mol. The second kappa shape index (κ2) is 10.4. The summed E-state index contributed by atoms with van der Waals surface area (Å²) in [6.07, 6.45) is 5.01. The quantitative estimate of drug-likeness (QED) is 0.685. The van der Waals surface area contributed by atoms with Gasteiger partial charge in [0.1, 0.15) is 17.2 Å². The lowest BCUT2D eigenvalue weighted by Gasteiger charge is -2.34. The summed E-state index contributed by atoms with van der Waals surface area (Å²) >= 11 is 0. The third-order valence-electron chi connectivity index (χ3n) is 5.11. The van der Waals surface area contributed by atoms with Gasteiger partial charge in [0.15, 0.2) is 0 Å². The van der Waals surface area contributed by atoms with E-state index in [1.807, 2.05) is 27.7 Å². The van der Waals surface area contributed by atoms with Crippen LogP contribution >= 0.6 is 0 Å². The highest BCUT2D eigenvalue weighted by Gasteiger charge is 2.35. The van der Waals surface area contributed by atoms with Gasteiger partial charge in [0, 0.05) is 31.5 Å². The standard InChI is InChI=1S/C22H33N3O5/c1-6-30-22(29)18-9-7-8-10-25(18)21(28)17-13-24(15(4)5)12-16(19(17)26)20(27)23-11-14(2)3/h12-15,18H,6-11H2,1-5H3,(H,23,27). The summed E-state index contributed by atoms with van der Waals surface area (Å²) in [5.74, 6) is -1.27. The molecular weight excluding hydrogens is 386 g/mol. The van der Waals surface area contributed by atoms with E-state index < -0.39 is 29.3 Å². The number of pyridine rings is 1. The Hall–Kier alpha value is -2.64. The highest BCUT2D eigenvalue weighted by atomic mass is 16.5. The van der Waals surface area contributed by atoms with Crippen LogP contribution in [0.15, 0.2) is 17.2 Å². The number of aromatic nitrogens is 1. The first-order chi connectivity index (χ1) is 14.2. The number of piperidine rings is 1. The first-order valence-electron chi connectivity index (χ1n) is 10.7. The second-order valence-corrected chi connectivity index (χ2v) is 8.32. The van der Waals surface area contributed by atoms with Gasteiger partial charge in [-0.2, -0.15) is 0 Å². The van der Waals surface area contributed by atoms with Crippen LogP contribution in [0.25, 0.3) is 0 Å². The molecule has 0 radical (unpaired) electrons. The molecule has 2 rings (SSSR count). The average Bonchev–Trinajstić information content (AvgIpc) is 2.71. The molecule has 1 unspecified atom stereocenters. The minimum absolute atomic E-state index is 0.0593. The van der Waals surface area contributed by atoms with Crippen LogP contribution in [0.5, 0.6) is 0 Å². The number of amides is 2. The molecule has 0 saturated carbocycles. The molecule has 0 spiro atoms. The Kier molecular flexibility index (Phi) is 8.20. The topological polar surface area (TPSA) is 97.7 Å².